The van der Waals surface area contributed by atoms with Gasteiger partial charge in [-0.15, -0.1) is 0 Å². The quantitative estimate of drug-likeness (QED) is 0.203. The van der Waals surface area contributed by atoms with E-state index >= 15 is 0 Å². The van der Waals surface area contributed by atoms with Crippen LogP contribution in [0.4, 0.5) is 0 Å². The molecule has 8 rings (SSSR count). The van der Waals surface area contributed by atoms with E-state index in [2.05, 4.69) is 108 Å². The van der Waals surface area contributed by atoms with Crippen molar-refractivity contribution in [2.75, 3.05) is 14.2 Å². The van der Waals surface area contributed by atoms with Gasteiger partial charge in [-0.2, -0.15) is 0 Å². The first kappa shape index (κ1) is 28.3. The van der Waals surface area contributed by atoms with Gasteiger partial charge in [-0.3, -0.25) is 0 Å². The van der Waals surface area contributed by atoms with E-state index in [1.54, 1.807) is 14.2 Å². The van der Waals surface area contributed by atoms with Crippen molar-refractivity contribution in [2.45, 2.75) is 6.92 Å². The topological polar surface area (TPSA) is 75.8 Å². The van der Waals surface area contributed by atoms with Crippen LogP contribution < -0.4 is 9.47 Å². The van der Waals surface area contributed by atoms with Crippen molar-refractivity contribution >= 4 is 46.4 Å². The van der Waals surface area contributed by atoms with Crippen LogP contribution in [0.1, 0.15) is 28.3 Å². The summed E-state index contributed by atoms with van der Waals surface area (Å²) >= 11 is 0. The second-order valence-electron chi connectivity index (χ2n) is 11.6. The standard InChI is InChI=1S/C41H32N4O2/c1-25-12-14-26(15-13-25)39-31-18-16-27(42-31)24-28-17-19-33(43-28)40(29-8-4-6-10-37(29)46-2)34-22-23-36(45-34)41(35-21-20-32(39)44-35)30-9-5-7-11-38(30)47-3/h4-24,43-44H,1-3H3. The molecule has 6 nitrogen and oxygen atoms in total. The van der Waals surface area contributed by atoms with Crippen molar-refractivity contribution in [3.63, 3.8) is 0 Å². The number of methoxy groups -OCH3 is 2. The summed E-state index contributed by atoms with van der Waals surface area (Å²) < 4.78 is 11.7. The lowest BCUT2D eigenvalue weighted by Gasteiger charge is -2.10. The Morgan fingerprint density at radius 3 is 1.68 bits per heavy atom. The van der Waals surface area contributed by atoms with E-state index in [-0.39, 0.29) is 0 Å². The van der Waals surface area contributed by atoms with Crippen molar-refractivity contribution in [2.24, 2.45) is 0 Å². The number of rotatable bonds is 5. The van der Waals surface area contributed by atoms with Crippen LogP contribution in [0.15, 0.2) is 103 Å². The van der Waals surface area contributed by atoms with Crippen LogP contribution in [0.5, 0.6) is 11.5 Å². The average molecular weight is 613 g/mol. The fourth-order valence-electron chi connectivity index (χ4n) is 6.43. The van der Waals surface area contributed by atoms with Crippen LogP contribution in [0, 0.1) is 6.92 Å². The average Bonchev–Trinajstić information content (AvgIpc) is 3.93. The number of nitrogens with zero attached hydrogens (tertiary/aromatic N) is 2. The normalized spacial score (nSPS) is 12.0. The maximum Gasteiger partial charge on any atom is 0.126 e. The number of hydrogen-bond donors (Lipinski definition) is 2. The Morgan fingerprint density at radius 1 is 0.511 bits per heavy atom. The van der Waals surface area contributed by atoms with E-state index in [0.29, 0.717) is 0 Å². The molecule has 0 saturated carbocycles. The molecular weight excluding hydrogens is 580 g/mol. The molecule has 3 aromatic carbocycles. The molecule has 2 aliphatic heterocycles. The molecule has 5 heterocycles. The van der Waals surface area contributed by atoms with Gasteiger partial charge in [-0.25, -0.2) is 9.97 Å². The van der Waals surface area contributed by atoms with Crippen LogP contribution in [-0.2, 0) is 0 Å². The van der Waals surface area contributed by atoms with Crippen molar-refractivity contribution < 1.29 is 9.47 Å². The van der Waals surface area contributed by atoms with E-state index in [1.807, 2.05) is 36.4 Å². The van der Waals surface area contributed by atoms with Crippen LogP contribution >= 0.6 is 0 Å². The minimum absolute atomic E-state index is 0.765. The highest BCUT2D eigenvalue weighted by atomic mass is 16.5. The monoisotopic (exact) mass is 612 g/mol. The predicted octanol–water partition coefficient (Wildman–Crippen LogP) is 9.98. The lowest BCUT2D eigenvalue weighted by Crippen LogP contribution is -1.92. The highest BCUT2D eigenvalue weighted by molar-refractivity contribution is 5.98. The fourth-order valence-corrected chi connectivity index (χ4v) is 6.43. The Morgan fingerprint density at radius 2 is 1.04 bits per heavy atom. The number of aryl methyl sites for hydroxylation is 1. The predicted molar refractivity (Wildman–Crippen MR) is 193 cm³/mol. The third-order valence-electron chi connectivity index (χ3n) is 8.67. The first-order valence-electron chi connectivity index (χ1n) is 15.6. The van der Waals surface area contributed by atoms with Gasteiger partial charge < -0.3 is 19.4 Å². The Labute approximate surface area is 272 Å². The molecule has 47 heavy (non-hydrogen) atoms. The summed E-state index contributed by atoms with van der Waals surface area (Å²) in [6, 6.07) is 35.2. The zero-order valence-electron chi connectivity index (χ0n) is 26.3. The Hall–Kier alpha value is -6.14. The maximum absolute atomic E-state index is 5.89. The fraction of sp³-hybridized carbons (Fsp3) is 0.0732. The Balaban J connectivity index is 1.55. The second-order valence-corrected chi connectivity index (χ2v) is 11.6. The smallest absolute Gasteiger partial charge is 0.126 e. The molecule has 0 aliphatic carbocycles. The minimum atomic E-state index is 0.765. The zero-order chi connectivity index (χ0) is 31.9. The van der Waals surface area contributed by atoms with E-state index in [0.717, 1.165) is 89.7 Å². The zero-order valence-corrected chi connectivity index (χ0v) is 26.3. The van der Waals surface area contributed by atoms with Gasteiger partial charge in [0, 0.05) is 49.9 Å². The first-order chi connectivity index (χ1) is 23.1. The van der Waals surface area contributed by atoms with Crippen molar-refractivity contribution in [3.05, 3.63) is 131 Å². The summed E-state index contributed by atoms with van der Waals surface area (Å²) in [6.07, 6.45) is 8.31. The molecule has 0 spiro atoms. The number of para-hydroxylation sites is 2. The number of H-pyrrole nitrogens is 2. The molecule has 6 aromatic rings. The molecule has 0 atom stereocenters. The molecule has 0 saturated heterocycles. The summed E-state index contributed by atoms with van der Waals surface area (Å²) in [4.78, 5) is 17.8. The third kappa shape index (κ3) is 5.10. The number of ether oxygens (including phenoxy) is 2. The molecular formula is C41H32N4O2. The number of aromatic nitrogens is 4. The molecule has 0 fully saturated rings. The molecule has 0 radical (unpaired) electrons. The SMILES string of the molecule is COc1ccccc1-c1c2nc(c(-c3ccccc3OC)c3ccc([nH]3)c(-c3ccc(C)cc3)c3nc(cc4ccc1[nH]4)C=C3)C=C2. The van der Waals surface area contributed by atoms with E-state index < -0.39 is 0 Å². The molecule has 3 aromatic heterocycles. The van der Waals surface area contributed by atoms with Crippen LogP contribution in [0.25, 0.3) is 79.8 Å². The number of aromatic amines is 2. The molecule has 0 unspecified atom stereocenters. The summed E-state index contributed by atoms with van der Waals surface area (Å²) in [5.74, 6) is 1.53. The van der Waals surface area contributed by atoms with Gasteiger partial charge in [0.25, 0.3) is 0 Å². The molecule has 2 aliphatic rings. The van der Waals surface area contributed by atoms with Gasteiger partial charge >= 0.3 is 0 Å². The largest absolute Gasteiger partial charge is 0.496 e. The Kier molecular flexibility index (Phi) is 7.03. The second kappa shape index (κ2) is 11.7. The summed E-state index contributed by atoms with van der Waals surface area (Å²) in [6.45, 7) is 2.10. The van der Waals surface area contributed by atoms with Gasteiger partial charge in [0.1, 0.15) is 11.5 Å². The van der Waals surface area contributed by atoms with Crippen LogP contribution in [-0.4, -0.2) is 34.2 Å². The number of benzene rings is 3. The molecule has 6 heteroatoms. The van der Waals surface area contributed by atoms with Crippen LogP contribution in [0.2, 0.25) is 0 Å². The highest BCUT2D eigenvalue weighted by Gasteiger charge is 2.19. The number of nitrogens with one attached hydrogen (secondary N) is 2. The summed E-state index contributed by atoms with van der Waals surface area (Å²) in [5, 5.41) is 0. The lowest BCUT2D eigenvalue weighted by molar-refractivity contribution is 0.416. The van der Waals surface area contributed by atoms with Gasteiger partial charge in [0.05, 0.1) is 37.0 Å². The van der Waals surface area contributed by atoms with E-state index in [4.69, 9.17) is 19.4 Å². The van der Waals surface area contributed by atoms with Crippen molar-refractivity contribution in [1.29, 1.82) is 0 Å². The van der Waals surface area contributed by atoms with E-state index in [1.165, 1.54) is 5.56 Å². The van der Waals surface area contributed by atoms with Gasteiger partial charge in [0.15, 0.2) is 0 Å². The highest BCUT2D eigenvalue weighted by Crippen LogP contribution is 2.40. The molecule has 0 amide bonds. The van der Waals surface area contributed by atoms with E-state index in [9.17, 15) is 0 Å². The Bertz CT molecular complexity index is 2390. The summed E-state index contributed by atoms with van der Waals surface area (Å²) in [5.41, 5.74) is 14.2. The molecule has 228 valence electrons. The summed E-state index contributed by atoms with van der Waals surface area (Å²) in [7, 11) is 3.40. The van der Waals surface area contributed by atoms with Gasteiger partial charge in [0.2, 0.25) is 0 Å². The number of fused-ring (bicyclic) bond motifs is 8. The minimum Gasteiger partial charge on any atom is -0.496 e. The van der Waals surface area contributed by atoms with Gasteiger partial charge in [-0.05, 0) is 79.3 Å². The first-order valence-corrected chi connectivity index (χ1v) is 15.6. The molecule has 8 bridgehead atoms. The third-order valence-corrected chi connectivity index (χ3v) is 8.67. The molecule has 2 N–H and O–H groups in total. The van der Waals surface area contributed by atoms with Crippen molar-refractivity contribution in [1.82, 2.24) is 19.9 Å². The lowest BCUT2D eigenvalue weighted by atomic mass is 10.0. The maximum atomic E-state index is 5.89. The number of hydrogen-bond acceptors (Lipinski definition) is 4. The van der Waals surface area contributed by atoms with Crippen molar-refractivity contribution in [3.8, 4) is 44.9 Å². The van der Waals surface area contributed by atoms with Crippen LogP contribution in [0.3, 0.4) is 0 Å². The van der Waals surface area contributed by atoms with Gasteiger partial charge in [-0.1, -0.05) is 66.2 Å².